The molecular formula is C16H16Br2O2. The van der Waals surface area contributed by atoms with Gasteiger partial charge in [-0.1, -0.05) is 50.1 Å². The molecule has 0 fully saturated rings. The average molecular weight is 400 g/mol. The molecule has 2 aromatic carbocycles. The second-order valence-electron chi connectivity index (χ2n) is 4.89. The van der Waals surface area contributed by atoms with E-state index in [2.05, 4.69) is 31.9 Å². The van der Waals surface area contributed by atoms with Crippen molar-refractivity contribution in [1.29, 1.82) is 0 Å². The molecule has 0 saturated heterocycles. The van der Waals surface area contributed by atoms with Crippen LogP contribution in [0.5, 0.6) is 5.75 Å². The van der Waals surface area contributed by atoms with E-state index in [0.29, 0.717) is 6.42 Å². The number of halogens is 2. The first-order valence-electron chi connectivity index (χ1n) is 6.24. The van der Waals surface area contributed by atoms with Crippen molar-refractivity contribution in [3.05, 3.63) is 62.5 Å². The third-order valence-electron chi connectivity index (χ3n) is 3.24. The third-order valence-corrected chi connectivity index (χ3v) is 4.71. The first-order chi connectivity index (χ1) is 9.44. The van der Waals surface area contributed by atoms with Crippen molar-refractivity contribution in [2.45, 2.75) is 18.9 Å². The molecule has 0 aliphatic rings. The number of ether oxygens (including phenoxy) is 1. The van der Waals surface area contributed by atoms with Gasteiger partial charge >= 0.3 is 0 Å². The zero-order chi connectivity index (χ0) is 14.8. The highest BCUT2D eigenvalue weighted by atomic mass is 79.9. The Kier molecular flexibility index (Phi) is 4.89. The predicted octanol–water partition coefficient (Wildman–Crippen LogP) is 4.67. The third kappa shape index (κ3) is 3.43. The van der Waals surface area contributed by atoms with Crippen molar-refractivity contribution in [3.8, 4) is 5.75 Å². The van der Waals surface area contributed by atoms with E-state index in [0.717, 1.165) is 25.8 Å². The van der Waals surface area contributed by atoms with Gasteiger partial charge in [0.25, 0.3) is 0 Å². The van der Waals surface area contributed by atoms with Crippen LogP contribution in [-0.2, 0) is 12.0 Å². The fraction of sp³-hybridized carbons (Fsp3) is 0.250. The first kappa shape index (κ1) is 15.5. The summed E-state index contributed by atoms with van der Waals surface area (Å²) < 4.78 is 7.11. The van der Waals surface area contributed by atoms with Crippen LogP contribution in [0.25, 0.3) is 0 Å². The van der Waals surface area contributed by atoms with Crippen molar-refractivity contribution < 1.29 is 9.84 Å². The van der Waals surface area contributed by atoms with Crippen molar-refractivity contribution in [1.82, 2.24) is 0 Å². The molecule has 0 amide bonds. The number of benzene rings is 2. The minimum absolute atomic E-state index is 0.493. The predicted molar refractivity (Wildman–Crippen MR) is 88.1 cm³/mol. The molecule has 1 N–H and O–H groups in total. The van der Waals surface area contributed by atoms with E-state index in [1.165, 1.54) is 0 Å². The molecule has 0 spiro atoms. The van der Waals surface area contributed by atoms with E-state index < -0.39 is 5.60 Å². The van der Waals surface area contributed by atoms with Crippen molar-refractivity contribution in [2.75, 3.05) is 7.11 Å². The van der Waals surface area contributed by atoms with E-state index in [4.69, 9.17) is 4.74 Å². The fourth-order valence-corrected chi connectivity index (χ4v) is 3.28. The van der Waals surface area contributed by atoms with Crippen molar-refractivity contribution in [3.63, 3.8) is 0 Å². The number of hydrogen-bond acceptors (Lipinski definition) is 2. The van der Waals surface area contributed by atoms with Crippen LogP contribution in [0.1, 0.15) is 18.1 Å². The Balaban J connectivity index is 2.35. The number of hydrogen-bond donors (Lipinski definition) is 1. The summed E-state index contributed by atoms with van der Waals surface area (Å²) in [5.74, 6) is 0.783. The second-order valence-corrected chi connectivity index (χ2v) is 6.60. The Morgan fingerprint density at radius 1 is 1.10 bits per heavy atom. The summed E-state index contributed by atoms with van der Waals surface area (Å²) >= 11 is 7.02. The van der Waals surface area contributed by atoms with Crippen LogP contribution in [0.15, 0.2) is 51.4 Å². The summed E-state index contributed by atoms with van der Waals surface area (Å²) in [7, 11) is 1.64. The Bertz CT molecular complexity index is 609. The highest BCUT2D eigenvalue weighted by Crippen LogP contribution is 2.34. The van der Waals surface area contributed by atoms with Crippen LogP contribution in [-0.4, -0.2) is 12.2 Å². The van der Waals surface area contributed by atoms with Gasteiger partial charge < -0.3 is 9.84 Å². The second kappa shape index (κ2) is 6.29. The minimum Gasteiger partial charge on any atom is -0.497 e. The number of rotatable bonds is 4. The Labute approximate surface area is 136 Å². The molecule has 0 aromatic heterocycles. The normalized spacial score (nSPS) is 13.8. The topological polar surface area (TPSA) is 29.5 Å². The van der Waals surface area contributed by atoms with Crippen LogP contribution < -0.4 is 4.74 Å². The maximum Gasteiger partial charge on any atom is 0.119 e. The average Bonchev–Trinajstić information content (AvgIpc) is 2.41. The molecule has 0 aliphatic carbocycles. The van der Waals surface area contributed by atoms with Crippen LogP contribution in [0.4, 0.5) is 0 Å². The fourth-order valence-electron chi connectivity index (χ4n) is 2.18. The van der Waals surface area contributed by atoms with Crippen LogP contribution in [0.2, 0.25) is 0 Å². The van der Waals surface area contributed by atoms with E-state index in [9.17, 15) is 5.11 Å². The van der Waals surface area contributed by atoms with Gasteiger partial charge in [-0.05, 0) is 42.3 Å². The molecule has 2 nitrogen and oxygen atoms in total. The van der Waals surface area contributed by atoms with E-state index in [1.54, 1.807) is 7.11 Å². The summed E-state index contributed by atoms with van der Waals surface area (Å²) in [4.78, 5) is 0. The molecule has 0 radical (unpaired) electrons. The highest BCUT2D eigenvalue weighted by molar-refractivity contribution is 9.10. The lowest BCUT2D eigenvalue weighted by molar-refractivity contribution is 0.0567. The van der Waals surface area contributed by atoms with Crippen molar-refractivity contribution >= 4 is 31.9 Å². The summed E-state index contributed by atoms with van der Waals surface area (Å²) in [5.41, 5.74) is 0.912. The maximum atomic E-state index is 10.8. The van der Waals surface area contributed by atoms with Gasteiger partial charge in [-0.25, -0.2) is 0 Å². The van der Waals surface area contributed by atoms with Gasteiger partial charge in [0.2, 0.25) is 0 Å². The standard InChI is InChI=1S/C16H16Br2O2/c1-16(19,13-5-3-4-6-15(13)18)10-11-9-12(20-2)7-8-14(11)17/h3-9,19H,10H2,1-2H3. The molecule has 106 valence electrons. The molecule has 20 heavy (non-hydrogen) atoms. The Morgan fingerprint density at radius 3 is 2.45 bits per heavy atom. The molecule has 0 bridgehead atoms. The summed E-state index contributed by atoms with van der Waals surface area (Å²) in [5, 5.41) is 10.8. The molecule has 2 rings (SSSR count). The molecule has 2 aromatic rings. The molecular weight excluding hydrogens is 384 g/mol. The van der Waals surface area contributed by atoms with Gasteiger partial charge in [0, 0.05) is 15.4 Å². The van der Waals surface area contributed by atoms with Gasteiger partial charge in [-0.15, -0.1) is 0 Å². The molecule has 0 saturated carbocycles. The molecule has 0 aliphatic heterocycles. The number of aliphatic hydroxyl groups is 1. The minimum atomic E-state index is -0.963. The van der Waals surface area contributed by atoms with Crippen molar-refractivity contribution in [2.24, 2.45) is 0 Å². The van der Waals surface area contributed by atoms with Gasteiger partial charge in [-0.3, -0.25) is 0 Å². The van der Waals surface area contributed by atoms with Gasteiger partial charge in [0.05, 0.1) is 12.7 Å². The Hall–Kier alpha value is -0.840. The van der Waals surface area contributed by atoms with E-state index in [1.807, 2.05) is 49.4 Å². The Morgan fingerprint density at radius 2 is 1.80 bits per heavy atom. The first-order valence-corrected chi connectivity index (χ1v) is 7.82. The van der Waals surface area contributed by atoms with Crippen LogP contribution in [0.3, 0.4) is 0 Å². The zero-order valence-electron chi connectivity index (χ0n) is 11.4. The quantitative estimate of drug-likeness (QED) is 0.809. The molecule has 1 atom stereocenters. The lowest BCUT2D eigenvalue weighted by Gasteiger charge is -2.26. The summed E-state index contributed by atoms with van der Waals surface area (Å²) in [6.07, 6.45) is 0.493. The van der Waals surface area contributed by atoms with Gasteiger partial charge in [-0.2, -0.15) is 0 Å². The van der Waals surface area contributed by atoms with Gasteiger partial charge in [0.15, 0.2) is 0 Å². The summed E-state index contributed by atoms with van der Waals surface area (Å²) in [6.45, 7) is 1.82. The number of methoxy groups -OCH3 is 1. The molecule has 0 heterocycles. The monoisotopic (exact) mass is 398 g/mol. The zero-order valence-corrected chi connectivity index (χ0v) is 14.5. The van der Waals surface area contributed by atoms with Gasteiger partial charge in [0.1, 0.15) is 5.75 Å². The smallest absolute Gasteiger partial charge is 0.119 e. The van der Waals surface area contributed by atoms with Crippen LogP contribution >= 0.6 is 31.9 Å². The lowest BCUT2D eigenvalue weighted by Crippen LogP contribution is -2.25. The largest absolute Gasteiger partial charge is 0.497 e. The molecule has 4 heteroatoms. The van der Waals surface area contributed by atoms with E-state index >= 15 is 0 Å². The maximum absolute atomic E-state index is 10.8. The SMILES string of the molecule is COc1ccc(Br)c(CC(C)(O)c2ccccc2Br)c1. The van der Waals surface area contributed by atoms with Crippen LogP contribution in [0, 0.1) is 0 Å². The molecule has 1 unspecified atom stereocenters. The highest BCUT2D eigenvalue weighted by Gasteiger charge is 2.26. The lowest BCUT2D eigenvalue weighted by atomic mass is 9.89. The summed E-state index contributed by atoms with van der Waals surface area (Å²) in [6, 6.07) is 13.5. The van der Waals surface area contributed by atoms with E-state index in [-0.39, 0.29) is 0 Å².